The molecule has 0 saturated heterocycles. The zero-order valence-corrected chi connectivity index (χ0v) is 15.3. The maximum Gasteiger partial charge on any atom is 0.322 e. The van der Waals surface area contributed by atoms with Crippen LogP contribution in [0.1, 0.15) is 0 Å². The molecule has 28 heavy (non-hydrogen) atoms. The molecule has 144 valence electrons. The molecular weight excluding hydrogens is 362 g/mol. The van der Waals surface area contributed by atoms with Crippen LogP contribution in [-0.2, 0) is 4.79 Å². The SMILES string of the molecule is COc1ccc(Nc2cc(-c3ccncc3)nc(NCC(=O)O)n2)cc1OC. The van der Waals surface area contributed by atoms with Crippen molar-refractivity contribution in [3.8, 4) is 22.8 Å². The Bertz CT molecular complexity index is 966. The van der Waals surface area contributed by atoms with Crippen molar-refractivity contribution >= 4 is 23.4 Å². The van der Waals surface area contributed by atoms with Gasteiger partial charge < -0.3 is 25.2 Å². The van der Waals surface area contributed by atoms with Crippen LogP contribution in [0.2, 0.25) is 0 Å². The minimum Gasteiger partial charge on any atom is -0.493 e. The Hall–Kier alpha value is -3.88. The summed E-state index contributed by atoms with van der Waals surface area (Å²) in [6, 6.07) is 10.7. The lowest BCUT2D eigenvalue weighted by molar-refractivity contribution is -0.134. The first kappa shape index (κ1) is 18.9. The molecule has 0 atom stereocenters. The monoisotopic (exact) mass is 381 g/mol. The summed E-state index contributed by atoms with van der Waals surface area (Å²) in [4.78, 5) is 23.6. The highest BCUT2D eigenvalue weighted by Crippen LogP contribution is 2.31. The number of carbonyl (C=O) groups is 1. The Balaban J connectivity index is 1.95. The van der Waals surface area contributed by atoms with Crippen LogP contribution in [0.25, 0.3) is 11.3 Å². The molecule has 0 aliphatic heterocycles. The van der Waals surface area contributed by atoms with Crippen molar-refractivity contribution in [2.75, 3.05) is 31.4 Å². The van der Waals surface area contributed by atoms with E-state index in [4.69, 9.17) is 14.6 Å². The number of ether oxygens (including phenoxy) is 2. The summed E-state index contributed by atoms with van der Waals surface area (Å²) in [5.41, 5.74) is 2.17. The average Bonchev–Trinajstić information content (AvgIpc) is 2.72. The molecule has 0 unspecified atom stereocenters. The molecule has 9 heteroatoms. The number of rotatable bonds is 8. The van der Waals surface area contributed by atoms with Crippen molar-refractivity contribution in [1.29, 1.82) is 0 Å². The van der Waals surface area contributed by atoms with E-state index in [-0.39, 0.29) is 12.5 Å². The molecule has 0 radical (unpaired) electrons. The van der Waals surface area contributed by atoms with Gasteiger partial charge in [-0.1, -0.05) is 0 Å². The summed E-state index contributed by atoms with van der Waals surface area (Å²) in [5.74, 6) is 0.853. The predicted octanol–water partition coefficient (Wildman–Crippen LogP) is 2.80. The molecule has 3 aromatic rings. The number of nitrogens with one attached hydrogen (secondary N) is 2. The Morgan fingerprint density at radius 1 is 1.04 bits per heavy atom. The van der Waals surface area contributed by atoms with Gasteiger partial charge in [-0.2, -0.15) is 4.98 Å². The summed E-state index contributed by atoms with van der Waals surface area (Å²) in [5, 5.41) is 14.8. The van der Waals surface area contributed by atoms with Gasteiger partial charge in [0.25, 0.3) is 0 Å². The number of benzene rings is 1. The fourth-order valence-corrected chi connectivity index (χ4v) is 2.48. The van der Waals surface area contributed by atoms with Gasteiger partial charge in [-0.05, 0) is 24.3 Å². The van der Waals surface area contributed by atoms with Crippen LogP contribution in [0, 0.1) is 0 Å². The minimum atomic E-state index is -1.01. The molecule has 0 fully saturated rings. The zero-order valence-electron chi connectivity index (χ0n) is 15.3. The second-order valence-corrected chi connectivity index (χ2v) is 5.64. The number of carboxylic acids is 1. The van der Waals surface area contributed by atoms with Crippen molar-refractivity contribution in [1.82, 2.24) is 15.0 Å². The lowest BCUT2D eigenvalue weighted by atomic mass is 10.2. The van der Waals surface area contributed by atoms with E-state index in [9.17, 15) is 4.79 Å². The van der Waals surface area contributed by atoms with Crippen molar-refractivity contribution in [2.45, 2.75) is 0 Å². The number of anilines is 3. The second-order valence-electron chi connectivity index (χ2n) is 5.64. The number of aromatic nitrogens is 3. The first-order chi connectivity index (χ1) is 13.6. The maximum absolute atomic E-state index is 10.9. The van der Waals surface area contributed by atoms with Crippen molar-refractivity contribution in [3.05, 3.63) is 48.8 Å². The predicted molar refractivity (Wildman–Crippen MR) is 104 cm³/mol. The van der Waals surface area contributed by atoms with E-state index in [1.54, 1.807) is 44.8 Å². The van der Waals surface area contributed by atoms with Gasteiger partial charge in [-0.3, -0.25) is 9.78 Å². The molecule has 0 spiro atoms. The molecule has 0 amide bonds. The van der Waals surface area contributed by atoms with Crippen LogP contribution in [0.3, 0.4) is 0 Å². The number of aliphatic carboxylic acids is 1. The van der Waals surface area contributed by atoms with E-state index in [1.807, 2.05) is 18.2 Å². The van der Waals surface area contributed by atoms with Crippen LogP contribution in [-0.4, -0.2) is 46.8 Å². The molecule has 0 bridgehead atoms. The van der Waals surface area contributed by atoms with Crippen LogP contribution in [0.5, 0.6) is 11.5 Å². The molecule has 1 aromatic carbocycles. The summed E-state index contributed by atoms with van der Waals surface area (Å²) in [6.07, 6.45) is 3.31. The highest BCUT2D eigenvalue weighted by atomic mass is 16.5. The van der Waals surface area contributed by atoms with Crippen LogP contribution in [0.15, 0.2) is 48.8 Å². The Kier molecular flexibility index (Phi) is 5.85. The number of methoxy groups -OCH3 is 2. The second kappa shape index (κ2) is 8.67. The van der Waals surface area contributed by atoms with Gasteiger partial charge >= 0.3 is 5.97 Å². The highest BCUT2D eigenvalue weighted by molar-refractivity contribution is 5.73. The minimum absolute atomic E-state index is 0.194. The van der Waals surface area contributed by atoms with E-state index < -0.39 is 5.97 Å². The summed E-state index contributed by atoms with van der Waals surface area (Å²) in [6.45, 7) is -0.296. The lowest BCUT2D eigenvalue weighted by Crippen LogP contribution is -2.15. The molecule has 3 N–H and O–H groups in total. The fraction of sp³-hybridized carbons (Fsp3) is 0.158. The fourth-order valence-electron chi connectivity index (χ4n) is 2.48. The summed E-state index contributed by atoms with van der Waals surface area (Å²) < 4.78 is 10.6. The molecular formula is C19H19N5O4. The van der Waals surface area contributed by atoms with Crippen LogP contribution < -0.4 is 20.1 Å². The standard InChI is InChI=1S/C19H19N5O4/c1-27-15-4-3-13(9-16(15)28-2)22-17-10-14(12-5-7-20-8-6-12)23-19(24-17)21-11-18(25)26/h3-10H,11H2,1-2H3,(H,25,26)(H2,21,22,23,24). The van der Waals surface area contributed by atoms with Gasteiger partial charge in [-0.15, -0.1) is 0 Å². The van der Waals surface area contributed by atoms with Crippen molar-refractivity contribution in [2.24, 2.45) is 0 Å². The van der Waals surface area contributed by atoms with E-state index >= 15 is 0 Å². The topological polar surface area (TPSA) is 118 Å². The molecule has 2 heterocycles. The number of nitrogens with zero attached hydrogens (tertiary/aromatic N) is 3. The number of hydrogen-bond donors (Lipinski definition) is 3. The normalized spacial score (nSPS) is 10.2. The van der Waals surface area contributed by atoms with Gasteiger partial charge in [0.05, 0.1) is 19.9 Å². The van der Waals surface area contributed by atoms with Gasteiger partial charge in [0.15, 0.2) is 11.5 Å². The first-order valence-corrected chi connectivity index (χ1v) is 8.33. The summed E-state index contributed by atoms with van der Waals surface area (Å²) >= 11 is 0. The lowest BCUT2D eigenvalue weighted by Gasteiger charge is -2.13. The Morgan fingerprint density at radius 2 is 1.79 bits per heavy atom. The van der Waals surface area contributed by atoms with E-state index in [0.717, 1.165) is 11.3 Å². The van der Waals surface area contributed by atoms with E-state index in [1.165, 1.54) is 0 Å². The average molecular weight is 381 g/mol. The zero-order chi connectivity index (χ0) is 19.9. The molecule has 2 aromatic heterocycles. The third-order valence-electron chi connectivity index (χ3n) is 3.76. The molecule has 0 saturated carbocycles. The number of pyridine rings is 1. The largest absolute Gasteiger partial charge is 0.493 e. The van der Waals surface area contributed by atoms with Crippen LogP contribution in [0.4, 0.5) is 17.5 Å². The van der Waals surface area contributed by atoms with Gasteiger partial charge in [0, 0.05) is 35.8 Å². The molecule has 9 nitrogen and oxygen atoms in total. The smallest absolute Gasteiger partial charge is 0.322 e. The Morgan fingerprint density at radius 3 is 2.46 bits per heavy atom. The number of carboxylic acid groups (broad SMARTS) is 1. The molecule has 0 aliphatic rings. The van der Waals surface area contributed by atoms with Gasteiger partial charge in [0.2, 0.25) is 5.95 Å². The third kappa shape index (κ3) is 4.64. The maximum atomic E-state index is 10.9. The van der Waals surface area contributed by atoms with Crippen molar-refractivity contribution < 1.29 is 19.4 Å². The summed E-state index contributed by atoms with van der Waals surface area (Å²) in [7, 11) is 3.12. The number of hydrogen-bond acceptors (Lipinski definition) is 8. The van der Waals surface area contributed by atoms with Gasteiger partial charge in [-0.25, -0.2) is 4.98 Å². The van der Waals surface area contributed by atoms with E-state index in [2.05, 4.69) is 25.6 Å². The molecule has 3 rings (SSSR count). The first-order valence-electron chi connectivity index (χ1n) is 8.33. The molecule has 0 aliphatic carbocycles. The van der Waals surface area contributed by atoms with Gasteiger partial charge in [0.1, 0.15) is 12.4 Å². The Labute approximate surface area is 161 Å². The van der Waals surface area contributed by atoms with E-state index in [0.29, 0.717) is 23.0 Å². The van der Waals surface area contributed by atoms with Crippen LogP contribution >= 0.6 is 0 Å². The quantitative estimate of drug-likeness (QED) is 0.541. The van der Waals surface area contributed by atoms with Crippen molar-refractivity contribution in [3.63, 3.8) is 0 Å². The third-order valence-corrected chi connectivity index (χ3v) is 3.76. The highest BCUT2D eigenvalue weighted by Gasteiger charge is 2.10.